The van der Waals surface area contributed by atoms with Crippen LogP contribution in [0.4, 0.5) is 17.3 Å². The SMILES string of the molecule is Cc1cc(Nc2cc(NC(=O)c3c(Cl)cc(CN4CCOCC4)cc3Cl)ccn2)nc(C)n1. The molecule has 1 fully saturated rings. The van der Waals surface area contributed by atoms with Crippen molar-refractivity contribution in [3.8, 4) is 0 Å². The van der Waals surface area contributed by atoms with E-state index < -0.39 is 5.91 Å². The Morgan fingerprint density at radius 2 is 1.79 bits per heavy atom. The van der Waals surface area contributed by atoms with E-state index in [-0.39, 0.29) is 5.56 Å². The number of carbonyl (C=O) groups is 1. The number of rotatable bonds is 6. The van der Waals surface area contributed by atoms with E-state index in [1.807, 2.05) is 19.9 Å². The van der Waals surface area contributed by atoms with Gasteiger partial charge in [0.15, 0.2) is 0 Å². The minimum absolute atomic E-state index is 0.234. The summed E-state index contributed by atoms with van der Waals surface area (Å²) in [4.78, 5) is 28.1. The monoisotopic (exact) mass is 486 g/mol. The summed E-state index contributed by atoms with van der Waals surface area (Å²) in [6.45, 7) is 7.54. The number of anilines is 3. The molecule has 0 radical (unpaired) electrons. The number of hydrogen-bond donors (Lipinski definition) is 2. The fourth-order valence-corrected chi connectivity index (χ4v) is 4.34. The molecule has 0 bridgehead atoms. The van der Waals surface area contributed by atoms with Crippen molar-refractivity contribution in [2.75, 3.05) is 36.9 Å². The highest BCUT2D eigenvalue weighted by molar-refractivity contribution is 6.40. The molecule has 1 aliphatic heterocycles. The van der Waals surface area contributed by atoms with Crippen molar-refractivity contribution in [3.63, 3.8) is 0 Å². The van der Waals surface area contributed by atoms with Crippen LogP contribution in [-0.2, 0) is 11.3 Å². The number of aromatic nitrogens is 3. The zero-order valence-corrected chi connectivity index (χ0v) is 19.9. The van der Waals surface area contributed by atoms with E-state index in [1.165, 1.54) is 0 Å². The number of aryl methyl sites for hydroxylation is 2. The number of halogens is 2. The van der Waals surface area contributed by atoms with Crippen LogP contribution in [0.2, 0.25) is 10.0 Å². The molecule has 0 atom stereocenters. The summed E-state index contributed by atoms with van der Waals surface area (Å²) in [6.07, 6.45) is 1.59. The Morgan fingerprint density at radius 3 is 2.48 bits per heavy atom. The molecule has 8 nitrogen and oxygen atoms in total. The zero-order valence-electron chi connectivity index (χ0n) is 18.4. The average Bonchev–Trinajstić information content (AvgIpc) is 2.73. The number of carbonyl (C=O) groups excluding carboxylic acids is 1. The van der Waals surface area contributed by atoms with Crippen LogP contribution >= 0.6 is 23.2 Å². The lowest BCUT2D eigenvalue weighted by Gasteiger charge is -2.26. The largest absolute Gasteiger partial charge is 0.379 e. The molecule has 3 aromatic rings. The maximum Gasteiger partial charge on any atom is 0.258 e. The van der Waals surface area contributed by atoms with Crippen molar-refractivity contribution in [3.05, 3.63) is 69.2 Å². The fourth-order valence-electron chi connectivity index (χ4n) is 3.63. The standard InChI is InChI=1S/C23H24Cl2N6O2/c1-14-9-21(28-15(2)27-14)30-20-12-17(3-4-26-20)29-23(32)22-18(24)10-16(11-19(22)25)13-31-5-7-33-8-6-31/h3-4,9-12H,5-8,13H2,1-2H3,(H2,26,27,28,29,30,32). The number of nitrogens with one attached hydrogen (secondary N) is 2. The van der Waals surface area contributed by atoms with Crippen LogP contribution in [0.5, 0.6) is 0 Å². The van der Waals surface area contributed by atoms with Crippen molar-refractivity contribution >= 4 is 46.4 Å². The molecule has 1 saturated heterocycles. The highest BCUT2D eigenvalue weighted by atomic mass is 35.5. The second-order valence-electron chi connectivity index (χ2n) is 7.77. The Kier molecular flexibility index (Phi) is 7.39. The number of ether oxygens (including phenoxy) is 1. The quantitative estimate of drug-likeness (QED) is 0.524. The molecule has 4 rings (SSSR count). The Morgan fingerprint density at radius 1 is 1.06 bits per heavy atom. The molecule has 0 aliphatic carbocycles. The van der Waals surface area contributed by atoms with Crippen LogP contribution in [0.3, 0.4) is 0 Å². The number of pyridine rings is 1. The smallest absolute Gasteiger partial charge is 0.258 e. The third-order valence-electron chi connectivity index (χ3n) is 5.08. The summed E-state index contributed by atoms with van der Waals surface area (Å²) in [6, 6.07) is 8.79. The van der Waals surface area contributed by atoms with E-state index in [9.17, 15) is 4.79 Å². The third kappa shape index (κ3) is 6.17. The molecule has 172 valence electrons. The van der Waals surface area contributed by atoms with Crippen molar-refractivity contribution in [2.24, 2.45) is 0 Å². The number of morpholine rings is 1. The van der Waals surface area contributed by atoms with Crippen molar-refractivity contribution in [2.45, 2.75) is 20.4 Å². The van der Waals surface area contributed by atoms with Gasteiger partial charge in [0.1, 0.15) is 17.5 Å². The van der Waals surface area contributed by atoms with Gasteiger partial charge in [-0.3, -0.25) is 9.69 Å². The highest BCUT2D eigenvalue weighted by Gasteiger charge is 2.18. The molecule has 1 aliphatic rings. The molecule has 3 heterocycles. The van der Waals surface area contributed by atoms with Gasteiger partial charge in [-0.1, -0.05) is 23.2 Å². The molecule has 0 saturated carbocycles. The number of benzene rings is 1. The predicted octanol–water partition coefficient (Wildman–Crippen LogP) is 4.62. The van der Waals surface area contributed by atoms with Gasteiger partial charge in [-0.25, -0.2) is 15.0 Å². The lowest BCUT2D eigenvalue weighted by atomic mass is 10.1. The third-order valence-corrected chi connectivity index (χ3v) is 5.67. The van der Waals surface area contributed by atoms with E-state index in [0.29, 0.717) is 53.0 Å². The number of amides is 1. The summed E-state index contributed by atoms with van der Waals surface area (Å²) in [5, 5.41) is 6.59. The van der Waals surface area contributed by atoms with Crippen molar-refractivity contribution < 1.29 is 9.53 Å². The normalized spacial score (nSPS) is 14.2. The van der Waals surface area contributed by atoms with E-state index >= 15 is 0 Å². The van der Waals surface area contributed by atoms with Crippen LogP contribution in [0.15, 0.2) is 36.5 Å². The Hall–Kier alpha value is -2.78. The van der Waals surface area contributed by atoms with Gasteiger partial charge in [0.25, 0.3) is 5.91 Å². The molecule has 10 heteroatoms. The van der Waals surface area contributed by atoms with E-state index in [0.717, 1.165) is 24.3 Å². The van der Waals surface area contributed by atoms with Gasteiger partial charge in [0, 0.05) is 49.3 Å². The van der Waals surface area contributed by atoms with E-state index in [2.05, 4.69) is 30.5 Å². The summed E-state index contributed by atoms with van der Waals surface area (Å²) in [7, 11) is 0. The van der Waals surface area contributed by atoms with E-state index in [4.69, 9.17) is 27.9 Å². The topological polar surface area (TPSA) is 92.3 Å². The highest BCUT2D eigenvalue weighted by Crippen LogP contribution is 2.29. The van der Waals surface area contributed by atoms with Crippen LogP contribution < -0.4 is 10.6 Å². The summed E-state index contributed by atoms with van der Waals surface area (Å²) < 4.78 is 5.38. The first-order valence-corrected chi connectivity index (χ1v) is 11.3. The van der Waals surface area contributed by atoms with Crippen LogP contribution in [0.25, 0.3) is 0 Å². The number of nitrogens with zero attached hydrogens (tertiary/aromatic N) is 4. The minimum atomic E-state index is -0.395. The number of hydrogen-bond acceptors (Lipinski definition) is 7. The van der Waals surface area contributed by atoms with Crippen LogP contribution in [0, 0.1) is 13.8 Å². The molecule has 1 amide bonds. The van der Waals surface area contributed by atoms with Crippen molar-refractivity contribution in [1.82, 2.24) is 19.9 Å². The first-order chi connectivity index (χ1) is 15.9. The maximum absolute atomic E-state index is 12.9. The first-order valence-electron chi connectivity index (χ1n) is 10.5. The molecule has 33 heavy (non-hydrogen) atoms. The summed E-state index contributed by atoms with van der Waals surface area (Å²) in [5.74, 6) is 1.42. The molecule has 2 N–H and O–H groups in total. The van der Waals surface area contributed by atoms with Gasteiger partial charge in [0.2, 0.25) is 0 Å². The molecular formula is C23H24Cl2N6O2. The maximum atomic E-state index is 12.9. The second-order valence-corrected chi connectivity index (χ2v) is 8.59. The Labute approximate surface area is 202 Å². The van der Waals surface area contributed by atoms with Gasteiger partial charge in [-0.15, -0.1) is 0 Å². The minimum Gasteiger partial charge on any atom is -0.379 e. The first kappa shape index (κ1) is 23.4. The molecule has 1 aromatic carbocycles. The fraction of sp³-hybridized carbons (Fsp3) is 0.304. The average molecular weight is 487 g/mol. The van der Waals surface area contributed by atoms with Crippen molar-refractivity contribution in [1.29, 1.82) is 0 Å². The summed E-state index contributed by atoms with van der Waals surface area (Å²) >= 11 is 12.9. The Bertz CT molecular complexity index is 1120. The molecule has 0 unspecified atom stereocenters. The van der Waals surface area contributed by atoms with Gasteiger partial charge in [-0.05, 0) is 37.6 Å². The summed E-state index contributed by atoms with van der Waals surface area (Å²) in [5.41, 5.74) is 2.58. The van der Waals surface area contributed by atoms with Gasteiger partial charge < -0.3 is 15.4 Å². The predicted molar refractivity (Wildman–Crippen MR) is 130 cm³/mol. The zero-order chi connectivity index (χ0) is 23.4. The lowest BCUT2D eigenvalue weighted by Crippen LogP contribution is -2.35. The Balaban J connectivity index is 1.47. The van der Waals surface area contributed by atoms with Gasteiger partial charge in [-0.2, -0.15) is 0 Å². The molecular weight excluding hydrogens is 463 g/mol. The van der Waals surface area contributed by atoms with Crippen LogP contribution in [0.1, 0.15) is 27.4 Å². The second kappa shape index (κ2) is 10.4. The van der Waals surface area contributed by atoms with Gasteiger partial charge in [0.05, 0.1) is 28.8 Å². The van der Waals surface area contributed by atoms with Crippen LogP contribution in [-0.4, -0.2) is 52.1 Å². The lowest BCUT2D eigenvalue weighted by molar-refractivity contribution is 0.0342. The van der Waals surface area contributed by atoms with E-state index in [1.54, 1.807) is 30.5 Å². The molecule has 0 spiro atoms. The van der Waals surface area contributed by atoms with Gasteiger partial charge >= 0.3 is 0 Å². The molecule has 2 aromatic heterocycles.